The van der Waals surface area contributed by atoms with Gasteiger partial charge in [0.25, 0.3) is 0 Å². The van der Waals surface area contributed by atoms with Gasteiger partial charge in [-0.2, -0.15) is 4.98 Å². The van der Waals surface area contributed by atoms with Gasteiger partial charge < -0.3 is 5.32 Å². The molecule has 5 nitrogen and oxygen atoms in total. The highest BCUT2D eigenvalue weighted by Crippen LogP contribution is 2.31. The van der Waals surface area contributed by atoms with Gasteiger partial charge in [0, 0.05) is 11.9 Å². The summed E-state index contributed by atoms with van der Waals surface area (Å²) >= 11 is 0. The van der Waals surface area contributed by atoms with Crippen LogP contribution in [0, 0.1) is 11.8 Å². The molecule has 1 aromatic heterocycles. The van der Waals surface area contributed by atoms with Crippen LogP contribution in [0.1, 0.15) is 26.2 Å². The molecule has 3 rings (SSSR count). The fourth-order valence-electron chi connectivity index (χ4n) is 3.03. The Bertz CT molecular complexity index is 598. The van der Waals surface area contributed by atoms with E-state index >= 15 is 0 Å². The molecule has 0 bridgehead atoms. The van der Waals surface area contributed by atoms with Crippen molar-refractivity contribution in [3.63, 3.8) is 0 Å². The lowest BCUT2D eigenvalue weighted by Crippen LogP contribution is -2.15. The van der Waals surface area contributed by atoms with Gasteiger partial charge in [-0.15, -0.1) is 0 Å². The Hall–Kier alpha value is -1.88. The summed E-state index contributed by atoms with van der Waals surface area (Å²) in [5.74, 6) is 8.35. The average molecular weight is 271 g/mol. The molecule has 1 fully saturated rings. The van der Waals surface area contributed by atoms with Crippen molar-refractivity contribution in [2.45, 2.75) is 26.2 Å². The molecular formula is C15H21N5. The quantitative estimate of drug-likeness (QED) is 0.589. The summed E-state index contributed by atoms with van der Waals surface area (Å²) < 4.78 is 0. The zero-order valence-corrected chi connectivity index (χ0v) is 11.8. The number of para-hydroxylation sites is 1. The second-order valence-corrected chi connectivity index (χ2v) is 5.72. The summed E-state index contributed by atoms with van der Waals surface area (Å²) in [5.41, 5.74) is 3.43. The Morgan fingerprint density at radius 2 is 2.10 bits per heavy atom. The summed E-state index contributed by atoms with van der Waals surface area (Å²) in [6.45, 7) is 3.30. The van der Waals surface area contributed by atoms with E-state index in [9.17, 15) is 0 Å². The molecular weight excluding hydrogens is 250 g/mol. The first-order chi connectivity index (χ1) is 9.76. The van der Waals surface area contributed by atoms with Gasteiger partial charge in [0.2, 0.25) is 5.95 Å². The van der Waals surface area contributed by atoms with Gasteiger partial charge in [0.05, 0.1) is 5.52 Å². The largest absolute Gasteiger partial charge is 0.369 e. The van der Waals surface area contributed by atoms with E-state index in [-0.39, 0.29) is 0 Å². The number of hydrogen-bond donors (Lipinski definition) is 3. The number of aromatic nitrogens is 2. The minimum Gasteiger partial charge on any atom is -0.369 e. The van der Waals surface area contributed by atoms with Gasteiger partial charge in [-0.3, -0.25) is 5.43 Å². The number of hydrogen-bond acceptors (Lipinski definition) is 5. The van der Waals surface area contributed by atoms with Crippen molar-refractivity contribution in [2.75, 3.05) is 17.3 Å². The molecule has 0 amide bonds. The molecule has 4 N–H and O–H groups in total. The van der Waals surface area contributed by atoms with E-state index in [1.54, 1.807) is 0 Å². The number of nitrogens with two attached hydrogens (primary N) is 1. The van der Waals surface area contributed by atoms with Crippen LogP contribution in [0.2, 0.25) is 0 Å². The highest BCUT2D eigenvalue weighted by Gasteiger charge is 2.21. The predicted octanol–water partition coefficient (Wildman–Crippen LogP) is 2.76. The molecule has 0 aliphatic heterocycles. The molecule has 1 heterocycles. The van der Waals surface area contributed by atoms with E-state index in [0.717, 1.165) is 35.1 Å². The van der Waals surface area contributed by atoms with Gasteiger partial charge in [0.1, 0.15) is 5.82 Å². The second-order valence-electron chi connectivity index (χ2n) is 5.72. The molecule has 106 valence electrons. The van der Waals surface area contributed by atoms with E-state index in [0.29, 0.717) is 5.95 Å². The van der Waals surface area contributed by atoms with Crippen molar-refractivity contribution in [2.24, 2.45) is 17.7 Å². The van der Waals surface area contributed by atoms with Crippen LogP contribution in [0.3, 0.4) is 0 Å². The summed E-state index contributed by atoms with van der Waals surface area (Å²) in [4.78, 5) is 8.80. The molecule has 2 atom stereocenters. The first-order valence-electron chi connectivity index (χ1n) is 7.23. The fraction of sp³-hybridized carbons (Fsp3) is 0.467. The first kappa shape index (κ1) is 13.1. The number of nitrogens with one attached hydrogen (secondary N) is 2. The third kappa shape index (κ3) is 2.67. The maximum atomic E-state index is 5.44. The van der Waals surface area contributed by atoms with Crippen LogP contribution in [0.25, 0.3) is 10.9 Å². The van der Waals surface area contributed by atoms with E-state index in [4.69, 9.17) is 5.84 Å². The van der Waals surface area contributed by atoms with Crippen molar-refractivity contribution < 1.29 is 0 Å². The summed E-state index contributed by atoms with van der Waals surface area (Å²) in [7, 11) is 0. The van der Waals surface area contributed by atoms with Crippen LogP contribution in [-0.2, 0) is 0 Å². The van der Waals surface area contributed by atoms with E-state index in [1.807, 2.05) is 24.3 Å². The van der Waals surface area contributed by atoms with Gasteiger partial charge in [-0.25, -0.2) is 10.8 Å². The fourth-order valence-corrected chi connectivity index (χ4v) is 3.03. The maximum Gasteiger partial charge on any atom is 0.239 e. The number of benzene rings is 1. The Balaban J connectivity index is 1.82. The molecule has 1 aliphatic carbocycles. The monoisotopic (exact) mass is 271 g/mol. The van der Waals surface area contributed by atoms with Crippen molar-refractivity contribution in [1.29, 1.82) is 0 Å². The van der Waals surface area contributed by atoms with Crippen molar-refractivity contribution >= 4 is 22.7 Å². The molecule has 20 heavy (non-hydrogen) atoms. The van der Waals surface area contributed by atoms with Crippen LogP contribution in [-0.4, -0.2) is 16.5 Å². The average Bonchev–Trinajstić information content (AvgIpc) is 2.90. The van der Waals surface area contributed by atoms with Crippen LogP contribution in [0.4, 0.5) is 11.8 Å². The number of anilines is 2. The van der Waals surface area contributed by atoms with Gasteiger partial charge in [0.15, 0.2) is 0 Å². The third-order valence-corrected chi connectivity index (χ3v) is 4.09. The standard InChI is InChI=1S/C15H21N5/c1-10-6-7-11(8-10)9-17-14-12-4-2-3-5-13(12)18-15(19-14)20-16/h2-5,10-11H,6-9,16H2,1H3,(H2,17,18,19,20). The number of nitrogens with zero attached hydrogens (tertiary/aromatic N) is 2. The van der Waals surface area contributed by atoms with Crippen molar-refractivity contribution in [3.8, 4) is 0 Å². The molecule has 2 aromatic rings. The Kier molecular flexibility index (Phi) is 3.69. The zero-order chi connectivity index (χ0) is 13.9. The highest BCUT2D eigenvalue weighted by molar-refractivity contribution is 5.89. The maximum absolute atomic E-state index is 5.44. The lowest BCUT2D eigenvalue weighted by Gasteiger charge is -2.14. The van der Waals surface area contributed by atoms with Crippen LogP contribution >= 0.6 is 0 Å². The topological polar surface area (TPSA) is 75.9 Å². The number of hydrazine groups is 1. The Morgan fingerprint density at radius 3 is 2.85 bits per heavy atom. The first-order valence-corrected chi connectivity index (χ1v) is 7.23. The van der Waals surface area contributed by atoms with Crippen LogP contribution in [0.5, 0.6) is 0 Å². The summed E-state index contributed by atoms with van der Waals surface area (Å²) in [5, 5.41) is 4.52. The molecule has 5 heteroatoms. The van der Waals surface area contributed by atoms with Crippen LogP contribution in [0.15, 0.2) is 24.3 Å². The normalized spacial score (nSPS) is 22.1. The molecule has 1 aromatic carbocycles. The number of fused-ring (bicyclic) bond motifs is 1. The van der Waals surface area contributed by atoms with E-state index < -0.39 is 0 Å². The molecule has 0 radical (unpaired) electrons. The predicted molar refractivity (Wildman–Crippen MR) is 82.3 cm³/mol. The number of nitrogen functional groups attached to an aromatic ring is 1. The zero-order valence-electron chi connectivity index (χ0n) is 11.8. The third-order valence-electron chi connectivity index (χ3n) is 4.09. The Morgan fingerprint density at radius 1 is 1.25 bits per heavy atom. The molecule has 1 saturated carbocycles. The smallest absolute Gasteiger partial charge is 0.239 e. The lowest BCUT2D eigenvalue weighted by molar-refractivity contribution is 0.537. The van der Waals surface area contributed by atoms with Crippen molar-refractivity contribution in [1.82, 2.24) is 9.97 Å². The second kappa shape index (κ2) is 5.63. The molecule has 0 spiro atoms. The SMILES string of the molecule is CC1CCC(CNc2nc(NN)nc3ccccc23)C1. The van der Waals surface area contributed by atoms with Crippen LogP contribution < -0.4 is 16.6 Å². The van der Waals surface area contributed by atoms with Gasteiger partial charge >= 0.3 is 0 Å². The summed E-state index contributed by atoms with van der Waals surface area (Å²) in [6.07, 6.45) is 3.95. The number of rotatable bonds is 4. The van der Waals surface area contributed by atoms with Gasteiger partial charge in [-0.1, -0.05) is 25.5 Å². The molecule has 1 aliphatic rings. The molecule has 0 saturated heterocycles. The van der Waals surface area contributed by atoms with E-state index in [2.05, 4.69) is 27.6 Å². The van der Waals surface area contributed by atoms with Crippen molar-refractivity contribution in [3.05, 3.63) is 24.3 Å². The highest BCUT2D eigenvalue weighted by atomic mass is 15.3. The van der Waals surface area contributed by atoms with E-state index in [1.165, 1.54) is 19.3 Å². The summed E-state index contributed by atoms with van der Waals surface area (Å²) in [6, 6.07) is 7.98. The molecule has 2 unspecified atom stereocenters. The Labute approximate surface area is 119 Å². The lowest BCUT2D eigenvalue weighted by atomic mass is 10.1. The van der Waals surface area contributed by atoms with Gasteiger partial charge in [-0.05, 0) is 36.8 Å². The minimum atomic E-state index is 0.450. The minimum absolute atomic E-state index is 0.450.